The van der Waals surface area contributed by atoms with Gasteiger partial charge in [-0.15, -0.1) is 0 Å². The summed E-state index contributed by atoms with van der Waals surface area (Å²) in [5.41, 5.74) is 3.77. The monoisotopic (exact) mass is 380 g/mol. The van der Waals surface area contributed by atoms with Crippen LogP contribution in [0.1, 0.15) is 43.9 Å². The van der Waals surface area contributed by atoms with Gasteiger partial charge in [0.15, 0.2) is 0 Å². The molecule has 1 unspecified atom stereocenters. The Bertz CT molecular complexity index is 768. The number of rotatable bonds is 6. The topological polar surface area (TPSA) is 41.6 Å². The van der Waals surface area contributed by atoms with E-state index in [0.29, 0.717) is 12.6 Å². The highest BCUT2D eigenvalue weighted by Gasteiger charge is 2.25. The second-order valence-corrected chi connectivity index (χ2v) is 8.55. The molecular weight excluding hydrogens is 348 g/mol. The van der Waals surface area contributed by atoms with E-state index in [-0.39, 0.29) is 6.09 Å². The molecule has 1 heterocycles. The Kier molecular flexibility index (Phi) is 6.74. The summed E-state index contributed by atoms with van der Waals surface area (Å²) in [5, 5.41) is 2.90. The number of amides is 1. The van der Waals surface area contributed by atoms with E-state index in [1.165, 1.54) is 16.7 Å². The first-order chi connectivity index (χ1) is 13.4. The summed E-state index contributed by atoms with van der Waals surface area (Å²) in [6.07, 6.45) is 2.91. The fourth-order valence-electron chi connectivity index (χ4n) is 3.78. The van der Waals surface area contributed by atoms with Crippen molar-refractivity contribution in [3.8, 4) is 0 Å². The number of benzene rings is 2. The summed E-state index contributed by atoms with van der Waals surface area (Å²) in [6.45, 7) is 8.01. The predicted molar refractivity (Wildman–Crippen MR) is 113 cm³/mol. The molecule has 0 aromatic heterocycles. The largest absolute Gasteiger partial charge is 0.444 e. The molecule has 2 aromatic rings. The molecule has 0 saturated heterocycles. The van der Waals surface area contributed by atoms with Crippen molar-refractivity contribution in [1.82, 2.24) is 10.2 Å². The van der Waals surface area contributed by atoms with Crippen LogP contribution in [0.4, 0.5) is 4.79 Å². The lowest BCUT2D eigenvalue weighted by molar-refractivity contribution is 0.0515. The molecule has 0 bridgehead atoms. The first-order valence-electron chi connectivity index (χ1n) is 10.2. The van der Waals surface area contributed by atoms with Crippen LogP contribution in [0.15, 0.2) is 54.6 Å². The lowest BCUT2D eigenvalue weighted by Crippen LogP contribution is -2.45. The Hall–Kier alpha value is -2.33. The number of aryl methyl sites for hydroxylation is 1. The van der Waals surface area contributed by atoms with Gasteiger partial charge in [-0.3, -0.25) is 4.90 Å². The van der Waals surface area contributed by atoms with E-state index in [4.69, 9.17) is 4.74 Å². The highest BCUT2D eigenvalue weighted by molar-refractivity contribution is 5.67. The number of carbonyl (C=O) groups is 1. The van der Waals surface area contributed by atoms with Crippen LogP contribution < -0.4 is 5.32 Å². The number of carbonyl (C=O) groups excluding carboxylic acids is 1. The van der Waals surface area contributed by atoms with Crippen LogP contribution >= 0.6 is 0 Å². The van der Waals surface area contributed by atoms with Crippen LogP contribution in [-0.2, 0) is 24.1 Å². The summed E-state index contributed by atoms with van der Waals surface area (Å²) in [5.74, 6) is 0. The molecule has 0 fully saturated rings. The third kappa shape index (κ3) is 6.10. The van der Waals surface area contributed by atoms with Crippen molar-refractivity contribution in [2.45, 2.75) is 58.2 Å². The average molecular weight is 381 g/mol. The maximum absolute atomic E-state index is 11.9. The molecule has 4 nitrogen and oxygen atoms in total. The molecule has 1 aliphatic rings. The van der Waals surface area contributed by atoms with Crippen LogP contribution in [0.5, 0.6) is 0 Å². The van der Waals surface area contributed by atoms with Gasteiger partial charge in [-0.05, 0) is 56.7 Å². The van der Waals surface area contributed by atoms with Crippen molar-refractivity contribution >= 4 is 6.09 Å². The summed E-state index contributed by atoms with van der Waals surface area (Å²) >= 11 is 0. The molecule has 1 aliphatic heterocycles. The molecule has 28 heavy (non-hydrogen) atoms. The van der Waals surface area contributed by atoms with Crippen LogP contribution in [0.2, 0.25) is 0 Å². The van der Waals surface area contributed by atoms with Crippen molar-refractivity contribution < 1.29 is 9.53 Å². The second-order valence-electron chi connectivity index (χ2n) is 8.55. The van der Waals surface area contributed by atoms with Crippen molar-refractivity contribution in [3.05, 3.63) is 71.3 Å². The van der Waals surface area contributed by atoms with Crippen LogP contribution in [0, 0.1) is 0 Å². The Morgan fingerprint density at radius 2 is 1.75 bits per heavy atom. The number of nitrogens with one attached hydrogen (secondary N) is 1. The van der Waals surface area contributed by atoms with Gasteiger partial charge < -0.3 is 10.1 Å². The van der Waals surface area contributed by atoms with E-state index >= 15 is 0 Å². The Balaban J connectivity index is 1.59. The predicted octanol–water partition coefficient (Wildman–Crippen LogP) is 4.57. The lowest BCUT2D eigenvalue weighted by Gasteiger charge is -2.37. The summed E-state index contributed by atoms with van der Waals surface area (Å²) in [7, 11) is 0. The van der Waals surface area contributed by atoms with Gasteiger partial charge in [0, 0.05) is 25.7 Å². The van der Waals surface area contributed by atoms with E-state index in [1.54, 1.807) is 0 Å². The molecule has 150 valence electrons. The molecule has 3 rings (SSSR count). The number of nitrogens with zero attached hydrogens (tertiary/aromatic N) is 1. The molecule has 1 amide bonds. The normalized spacial score (nSPS) is 17.0. The molecular formula is C24H32N2O2. The Morgan fingerprint density at radius 3 is 2.46 bits per heavy atom. The van der Waals surface area contributed by atoms with E-state index in [1.807, 2.05) is 20.8 Å². The number of fused-ring (bicyclic) bond motifs is 1. The zero-order valence-corrected chi connectivity index (χ0v) is 17.3. The molecule has 1 N–H and O–H groups in total. The smallest absolute Gasteiger partial charge is 0.407 e. The SMILES string of the molecule is CC(C)(C)OC(=O)NCCN1Cc2ccccc2CC1CCc1ccccc1. The van der Waals surface area contributed by atoms with Gasteiger partial charge in [-0.1, -0.05) is 54.6 Å². The zero-order chi connectivity index (χ0) is 20.0. The number of ether oxygens (including phenoxy) is 1. The minimum atomic E-state index is -0.466. The van der Waals surface area contributed by atoms with E-state index in [2.05, 4.69) is 64.8 Å². The van der Waals surface area contributed by atoms with Gasteiger partial charge in [0.2, 0.25) is 0 Å². The van der Waals surface area contributed by atoms with Crippen LogP contribution in [0.3, 0.4) is 0 Å². The summed E-state index contributed by atoms with van der Waals surface area (Å²) in [6, 6.07) is 19.9. The average Bonchev–Trinajstić information content (AvgIpc) is 2.65. The van der Waals surface area contributed by atoms with Gasteiger partial charge in [0.25, 0.3) is 0 Å². The maximum atomic E-state index is 11.9. The number of hydrogen-bond acceptors (Lipinski definition) is 3. The first kappa shape index (κ1) is 20.4. The summed E-state index contributed by atoms with van der Waals surface area (Å²) in [4.78, 5) is 14.4. The van der Waals surface area contributed by atoms with E-state index in [0.717, 1.165) is 32.4 Å². The molecule has 2 aromatic carbocycles. The summed E-state index contributed by atoms with van der Waals surface area (Å²) < 4.78 is 5.35. The minimum absolute atomic E-state index is 0.342. The molecule has 4 heteroatoms. The number of hydrogen-bond donors (Lipinski definition) is 1. The van der Waals surface area contributed by atoms with Gasteiger partial charge >= 0.3 is 6.09 Å². The van der Waals surface area contributed by atoms with Crippen LogP contribution in [-0.4, -0.2) is 35.7 Å². The minimum Gasteiger partial charge on any atom is -0.444 e. The van der Waals surface area contributed by atoms with Crippen molar-refractivity contribution in [2.75, 3.05) is 13.1 Å². The van der Waals surface area contributed by atoms with E-state index in [9.17, 15) is 4.79 Å². The number of alkyl carbamates (subject to hydrolysis) is 1. The third-order valence-corrected chi connectivity index (χ3v) is 5.14. The van der Waals surface area contributed by atoms with Gasteiger partial charge in [-0.2, -0.15) is 0 Å². The van der Waals surface area contributed by atoms with Crippen molar-refractivity contribution in [2.24, 2.45) is 0 Å². The van der Waals surface area contributed by atoms with E-state index < -0.39 is 5.60 Å². The standard InChI is InChI=1S/C24H32N2O2/c1-24(2,3)28-23(27)25-15-16-26-18-21-12-8-7-11-20(21)17-22(26)14-13-19-9-5-4-6-10-19/h4-12,22H,13-18H2,1-3H3,(H,25,27). The third-order valence-electron chi connectivity index (χ3n) is 5.14. The molecule has 0 aliphatic carbocycles. The fraction of sp³-hybridized carbons (Fsp3) is 0.458. The van der Waals surface area contributed by atoms with Crippen molar-refractivity contribution in [3.63, 3.8) is 0 Å². The Labute approximate surface area is 168 Å². The van der Waals surface area contributed by atoms with Crippen molar-refractivity contribution in [1.29, 1.82) is 0 Å². The molecule has 1 atom stereocenters. The van der Waals surface area contributed by atoms with Gasteiger partial charge in [0.1, 0.15) is 5.60 Å². The quantitative estimate of drug-likeness (QED) is 0.798. The Morgan fingerprint density at radius 1 is 1.07 bits per heavy atom. The molecule has 0 radical (unpaired) electrons. The molecule has 0 saturated carbocycles. The maximum Gasteiger partial charge on any atom is 0.407 e. The van der Waals surface area contributed by atoms with Gasteiger partial charge in [-0.25, -0.2) is 4.79 Å². The van der Waals surface area contributed by atoms with Crippen LogP contribution in [0.25, 0.3) is 0 Å². The van der Waals surface area contributed by atoms with Gasteiger partial charge in [0.05, 0.1) is 0 Å². The first-order valence-corrected chi connectivity index (χ1v) is 10.2. The zero-order valence-electron chi connectivity index (χ0n) is 17.3. The fourth-order valence-corrected chi connectivity index (χ4v) is 3.78. The lowest BCUT2D eigenvalue weighted by atomic mass is 9.90. The highest BCUT2D eigenvalue weighted by Crippen LogP contribution is 2.25. The highest BCUT2D eigenvalue weighted by atomic mass is 16.6. The molecule has 0 spiro atoms. The second kappa shape index (κ2) is 9.24.